The van der Waals surface area contributed by atoms with E-state index in [9.17, 15) is 0 Å². The number of anilines is 1. The molecule has 0 amide bonds. The highest BCUT2D eigenvalue weighted by Crippen LogP contribution is 2.25. The van der Waals surface area contributed by atoms with E-state index < -0.39 is 0 Å². The number of halogens is 1. The van der Waals surface area contributed by atoms with Crippen LogP contribution in [0.3, 0.4) is 0 Å². The lowest BCUT2D eigenvalue weighted by molar-refractivity contribution is 0.199. The fourth-order valence-electron chi connectivity index (χ4n) is 2.27. The number of hydrogen-bond donors (Lipinski definition) is 1. The summed E-state index contributed by atoms with van der Waals surface area (Å²) in [5.74, 6) is 0. The van der Waals surface area contributed by atoms with Crippen LogP contribution < -0.4 is 10.2 Å². The van der Waals surface area contributed by atoms with Crippen LogP contribution in [0.2, 0.25) is 0 Å². The van der Waals surface area contributed by atoms with Crippen LogP contribution in [0, 0.1) is 0 Å². The van der Waals surface area contributed by atoms with E-state index in [-0.39, 0.29) is 0 Å². The molecule has 0 fully saturated rings. The summed E-state index contributed by atoms with van der Waals surface area (Å²) in [6.07, 6.45) is 2.34. The predicted octanol–water partition coefficient (Wildman–Crippen LogP) is 3.81. The third-order valence-electron chi connectivity index (χ3n) is 3.17. The van der Waals surface area contributed by atoms with Gasteiger partial charge in [-0.3, -0.25) is 0 Å². The van der Waals surface area contributed by atoms with Crippen LogP contribution in [0.1, 0.15) is 32.3 Å². The van der Waals surface area contributed by atoms with Crippen LogP contribution in [0.25, 0.3) is 0 Å². The van der Waals surface area contributed by atoms with Crippen molar-refractivity contribution in [3.8, 4) is 0 Å². The van der Waals surface area contributed by atoms with E-state index in [4.69, 9.17) is 4.74 Å². The standard InChI is InChI=1S/C16H27BrN2O/c1-4-9-19(10-5-2)16-12-15(17)7-6-14(16)13-18-8-11-20-3/h6-7,12,18H,4-5,8-11,13H2,1-3H3. The molecule has 4 heteroatoms. The second-order valence-corrected chi connectivity index (χ2v) is 5.85. The van der Waals surface area contributed by atoms with Crippen molar-refractivity contribution < 1.29 is 4.74 Å². The molecule has 114 valence electrons. The number of rotatable bonds is 10. The van der Waals surface area contributed by atoms with E-state index in [1.807, 2.05) is 0 Å². The zero-order chi connectivity index (χ0) is 14.8. The predicted molar refractivity (Wildman–Crippen MR) is 90.5 cm³/mol. The van der Waals surface area contributed by atoms with E-state index in [1.54, 1.807) is 7.11 Å². The van der Waals surface area contributed by atoms with E-state index >= 15 is 0 Å². The lowest BCUT2D eigenvalue weighted by Gasteiger charge is -2.27. The first-order chi connectivity index (χ1) is 9.72. The van der Waals surface area contributed by atoms with E-state index in [0.29, 0.717) is 0 Å². The van der Waals surface area contributed by atoms with Crippen LogP contribution in [-0.2, 0) is 11.3 Å². The number of nitrogens with zero attached hydrogens (tertiary/aromatic N) is 1. The van der Waals surface area contributed by atoms with Gasteiger partial charge in [0.15, 0.2) is 0 Å². The quantitative estimate of drug-likeness (QED) is 0.654. The molecule has 0 heterocycles. The van der Waals surface area contributed by atoms with Gasteiger partial charge in [0, 0.05) is 43.4 Å². The minimum absolute atomic E-state index is 0.749. The fraction of sp³-hybridized carbons (Fsp3) is 0.625. The summed E-state index contributed by atoms with van der Waals surface area (Å²) in [6, 6.07) is 6.56. The average Bonchev–Trinajstić information content (AvgIpc) is 2.44. The molecule has 0 aliphatic heterocycles. The Bertz CT molecular complexity index is 379. The number of ether oxygens (including phenoxy) is 1. The number of hydrogen-bond acceptors (Lipinski definition) is 3. The molecule has 0 aromatic heterocycles. The lowest BCUT2D eigenvalue weighted by atomic mass is 10.1. The highest BCUT2D eigenvalue weighted by atomic mass is 79.9. The molecule has 1 aromatic carbocycles. The summed E-state index contributed by atoms with van der Waals surface area (Å²) in [5.41, 5.74) is 2.69. The van der Waals surface area contributed by atoms with Crippen LogP contribution in [0.4, 0.5) is 5.69 Å². The molecule has 0 spiro atoms. The largest absolute Gasteiger partial charge is 0.383 e. The zero-order valence-electron chi connectivity index (χ0n) is 12.9. The van der Waals surface area contributed by atoms with Gasteiger partial charge < -0.3 is 15.0 Å². The van der Waals surface area contributed by atoms with Crippen LogP contribution >= 0.6 is 15.9 Å². The minimum atomic E-state index is 0.749. The Labute approximate surface area is 131 Å². The fourth-order valence-corrected chi connectivity index (χ4v) is 2.62. The molecule has 20 heavy (non-hydrogen) atoms. The van der Waals surface area contributed by atoms with E-state index in [2.05, 4.69) is 58.2 Å². The highest BCUT2D eigenvalue weighted by molar-refractivity contribution is 9.10. The van der Waals surface area contributed by atoms with Gasteiger partial charge in [-0.2, -0.15) is 0 Å². The van der Waals surface area contributed by atoms with Crippen molar-refractivity contribution in [3.63, 3.8) is 0 Å². The van der Waals surface area contributed by atoms with Crippen molar-refractivity contribution in [1.82, 2.24) is 5.32 Å². The summed E-state index contributed by atoms with van der Waals surface area (Å²) >= 11 is 3.59. The maximum Gasteiger partial charge on any atom is 0.0587 e. The van der Waals surface area contributed by atoms with Gasteiger partial charge in [0.05, 0.1) is 6.61 Å². The molecular weight excluding hydrogens is 316 g/mol. The highest BCUT2D eigenvalue weighted by Gasteiger charge is 2.10. The minimum Gasteiger partial charge on any atom is -0.383 e. The van der Waals surface area contributed by atoms with Gasteiger partial charge in [-0.1, -0.05) is 35.8 Å². The molecule has 0 aliphatic rings. The van der Waals surface area contributed by atoms with Crippen molar-refractivity contribution in [2.75, 3.05) is 38.3 Å². The smallest absolute Gasteiger partial charge is 0.0587 e. The van der Waals surface area contributed by atoms with Crippen LogP contribution in [0.5, 0.6) is 0 Å². The van der Waals surface area contributed by atoms with Crippen molar-refractivity contribution in [2.24, 2.45) is 0 Å². The molecule has 0 bridgehead atoms. The maximum absolute atomic E-state index is 5.07. The average molecular weight is 343 g/mol. The molecule has 0 aliphatic carbocycles. The third-order valence-corrected chi connectivity index (χ3v) is 3.67. The van der Waals surface area contributed by atoms with Gasteiger partial charge in [-0.05, 0) is 30.5 Å². The van der Waals surface area contributed by atoms with Gasteiger partial charge in [-0.15, -0.1) is 0 Å². The van der Waals surface area contributed by atoms with Gasteiger partial charge in [-0.25, -0.2) is 0 Å². The second-order valence-electron chi connectivity index (χ2n) is 4.93. The van der Waals surface area contributed by atoms with Crippen molar-refractivity contribution in [1.29, 1.82) is 0 Å². The third kappa shape index (κ3) is 5.81. The topological polar surface area (TPSA) is 24.5 Å². The summed E-state index contributed by atoms with van der Waals surface area (Å²) in [6.45, 7) is 9.20. The molecule has 0 saturated heterocycles. The Morgan fingerprint density at radius 2 is 1.90 bits per heavy atom. The molecule has 0 unspecified atom stereocenters. The molecular formula is C16H27BrN2O. The molecule has 3 nitrogen and oxygen atoms in total. The zero-order valence-corrected chi connectivity index (χ0v) is 14.5. The SMILES string of the molecule is CCCN(CCC)c1cc(Br)ccc1CNCCOC. The lowest BCUT2D eigenvalue weighted by Crippen LogP contribution is -2.27. The first-order valence-electron chi connectivity index (χ1n) is 7.45. The Hall–Kier alpha value is -0.580. The summed E-state index contributed by atoms with van der Waals surface area (Å²) < 4.78 is 6.22. The van der Waals surface area contributed by atoms with Gasteiger partial charge in [0.1, 0.15) is 0 Å². The number of nitrogens with one attached hydrogen (secondary N) is 1. The van der Waals surface area contributed by atoms with Crippen molar-refractivity contribution in [2.45, 2.75) is 33.2 Å². The van der Waals surface area contributed by atoms with Gasteiger partial charge in [0.2, 0.25) is 0 Å². The summed E-state index contributed by atoms with van der Waals surface area (Å²) in [4.78, 5) is 2.48. The van der Waals surface area contributed by atoms with Crippen LogP contribution in [0.15, 0.2) is 22.7 Å². The monoisotopic (exact) mass is 342 g/mol. The van der Waals surface area contributed by atoms with Crippen molar-refractivity contribution >= 4 is 21.6 Å². The normalized spacial score (nSPS) is 10.8. The molecule has 0 saturated carbocycles. The Balaban J connectivity index is 2.81. The second kappa shape index (κ2) is 10.2. The Morgan fingerprint density at radius 1 is 1.20 bits per heavy atom. The number of methoxy groups -OCH3 is 1. The Morgan fingerprint density at radius 3 is 2.50 bits per heavy atom. The van der Waals surface area contributed by atoms with E-state index in [0.717, 1.165) is 37.3 Å². The maximum atomic E-state index is 5.07. The number of benzene rings is 1. The Kier molecular flexibility index (Phi) is 8.90. The van der Waals surface area contributed by atoms with Crippen LogP contribution in [-0.4, -0.2) is 33.4 Å². The van der Waals surface area contributed by atoms with Gasteiger partial charge in [0.25, 0.3) is 0 Å². The van der Waals surface area contributed by atoms with Gasteiger partial charge >= 0.3 is 0 Å². The van der Waals surface area contributed by atoms with E-state index in [1.165, 1.54) is 24.1 Å². The first-order valence-corrected chi connectivity index (χ1v) is 8.25. The molecule has 1 rings (SSSR count). The van der Waals surface area contributed by atoms with Crippen molar-refractivity contribution in [3.05, 3.63) is 28.2 Å². The molecule has 0 radical (unpaired) electrons. The molecule has 1 N–H and O–H groups in total. The summed E-state index contributed by atoms with van der Waals surface area (Å²) in [5, 5.41) is 3.43. The molecule has 1 aromatic rings. The summed E-state index contributed by atoms with van der Waals surface area (Å²) in [7, 11) is 1.73. The first kappa shape index (κ1) is 17.5. The molecule has 0 atom stereocenters.